The van der Waals surface area contributed by atoms with Crippen LogP contribution in [-0.2, 0) is 22.4 Å². The lowest BCUT2D eigenvalue weighted by Gasteiger charge is -2.14. The fraction of sp³-hybridized carbons (Fsp3) is 0.214. The van der Waals surface area contributed by atoms with Crippen LogP contribution in [0.2, 0.25) is 0 Å². The molecular weight excluding hydrogens is 258 g/mol. The summed E-state index contributed by atoms with van der Waals surface area (Å²) < 4.78 is 0. The molecule has 1 aromatic carbocycles. The molecule has 0 unspecified atom stereocenters. The largest absolute Gasteiger partial charge is 0.480 e. The van der Waals surface area contributed by atoms with Crippen molar-refractivity contribution in [1.82, 2.24) is 15.5 Å². The second kappa shape index (κ2) is 6.51. The van der Waals surface area contributed by atoms with Gasteiger partial charge in [0.1, 0.15) is 6.04 Å². The Morgan fingerprint density at radius 2 is 2.00 bits per heavy atom. The lowest BCUT2D eigenvalue weighted by Crippen LogP contribution is -2.43. The number of aromatic amines is 1. The highest BCUT2D eigenvalue weighted by Crippen LogP contribution is 2.04. The molecule has 0 saturated heterocycles. The first-order chi connectivity index (χ1) is 9.65. The van der Waals surface area contributed by atoms with E-state index in [1.165, 1.54) is 0 Å². The highest BCUT2D eigenvalue weighted by Gasteiger charge is 2.20. The number of nitrogens with zero attached hydrogens (tertiary/aromatic N) is 1. The van der Waals surface area contributed by atoms with E-state index in [1.54, 1.807) is 12.3 Å². The predicted molar refractivity (Wildman–Crippen MR) is 72.0 cm³/mol. The molecule has 20 heavy (non-hydrogen) atoms. The monoisotopic (exact) mass is 273 g/mol. The molecule has 1 aromatic heterocycles. The number of amides is 1. The van der Waals surface area contributed by atoms with Crippen LogP contribution in [0.1, 0.15) is 11.3 Å². The minimum atomic E-state index is -1.05. The van der Waals surface area contributed by atoms with Gasteiger partial charge in [-0.25, -0.2) is 4.79 Å². The van der Waals surface area contributed by atoms with Crippen molar-refractivity contribution in [2.75, 3.05) is 0 Å². The number of carboxylic acids is 1. The SMILES string of the molecule is O=C(Cc1ccn[nH]1)N[C@H](Cc1ccccc1)C(=O)O. The van der Waals surface area contributed by atoms with E-state index in [0.29, 0.717) is 5.69 Å². The van der Waals surface area contributed by atoms with Crippen LogP contribution in [0.25, 0.3) is 0 Å². The number of nitrogens with one attached hydrogen (secondary N) is 2. The Kier molecular flexibility index (Phi) is 4.49. The molecule has 1 atom stereocenters. The van der Waals surface area contributed by atoms with Crippen LogP contribution in [0, 0.1) is 0 Å². The summed E-state index contributed by atoms with van der Waals surface area (Å²) in [7, 11) is 0. The van der Waals surface area contributed by atoms with E-state index < -0.39 is 12.0 Å². The topological polar surface area (TPSA) is 95.1 Å². The molecule has 1 heterocycles. The molecule has 104 valence electrons. The maximum Gasteiger partial charge on any atom is 0.326 e. The zero-order valence-corrected chi connectivity index (χ0v) is 10.7. The van der Waals surface area contributed by atoms with E-state index in [4.69, 9.17) is 0 Å². The van der Waals surface area contributed by atoms with Crippen molar-refractivity contribution in [3.8, 4) is 0 Å². The Morgan fingerprint density at radius 1 is 1.25 bits per heavy atom. The Bertz CT molecular complexity index is 567. The lowest BCUT2D eigenvalue weighted by molar-refractivity contribution is -0.141. The second-order valence-electron chi connectivity index (χ2n) is 4.41. The maximum absolute atomic E-state index is 11.8. The summed E-state index contributed by atoms with van der Waals surface area (Å²) in [5, 5.41) is 18.1. The van der Waals surface area contributed by atoms with Crippen LogP contribution >= 0.6 is 0 Å². The average Bonchev–Trinajstić information content (AvgIpc) is 2.92. The number of aromatic nitrogens is 2. The Morgan fingerprint density at radius 3 is 2.60 bits per heavy atom. The van der Waals surface area contributed by atoms with Crippen molar-refractivity contribution in [2.24, 2.45) is 0 Å². The van der Waals surface area contributed by atoms with E-state index in [9.17, 15) is 14.7 Å². The molecule has 0 saturated carbocycles. The molecule has 1 amide bonds. The van der Waals surface area contributed by atoms with E-state index in [0.717, 1.165) is 5.56 Å². The average molecular weight is 273 g/mol. The van der Waals surface area contributed by atoms with Crippen molar-refractivity contribution >= 4 is 11.9 Å². The minimum Gasteiger partial charge on any atom is -0.480 e. The van der Waals surface area contributed by atoms with Gasteiger partial charge in [-0.05, 0) is 11.6 Å². The molecule has 0 spiro atoms. The number of carbonyl (C=O) groups is 2. The molecule has 0 aliphatic rings. The van der Waals surface area contributed by atoms with Crippen LogP contribution in [0.15, 0.2) is 42.6 Å². The number of aliphatic carboxylic acids is 1. The molecule has 6 nitrogen and oxygen atoms in total. The number of hydrogen-bond acceptors (Lipinski definition) is 3. The maximum atomic E-state index is 11.8. The van der Waals surface area contributed by atoms with Crippen LogP contribution in [0.4, 0.5) is 0 Å². The molecule has 2 rings (SSSR count). The van der Waals surface area contributed by atoms with Crippen LogP contribution < -0.4 is 5.32 Å². The normalized spacial score (nSPS) is 11.8. The number of hydrogen-bond donors (Lipinski definition) is 3. The van der Waals surface area contributed by atoms with Gasteiger partial charge in [0.15, 0.2) is 0 Å². The van der Waals surface area contributed by atoms with Crippen molar-refractivity contribution in [2.45, 2.75) is 18.9 Å². The Balaban J connectivity index is 1.95. The summed E-state index contributed by atoms with van der Waals surface area (Å²) in [4.78, 5) is 23.0. The quantitative estimate of drug-likeness (QED) is 0.724. The standard InChI is InChI=1S/C14H15N3O3/c18-13(9-11-6-7-15-17-11)16-12(14(19)20)8-10-4-2-1-3-5-10/h1-7,12H,8-9H2,(H,15,17)(H,16,18)(H,19,20)/t12-/m1/s1. The molecule has 0 fully saturated rings. The van der Waals surface area contributed by atoms with Gasteiger partial charge in [0.05, 0.1) is 6.42 Å². The van der Waals surface area contributed by atoms with Crippen molar-refractivity contribution in [3.05, 3.63) is 53.9 Å². The zero-order chi connectivity index (χ0) is 14.4. The van der Waals surface area contributed by atoms with Gasteiger partial charge in [-0.15, -0.1) is 0 Å². The third kappa shape index (κ3) is 3.94. The molecule has 0 bridgehead atoms. The lowest BCUT2D eigenvalue weighted by atomic mass is 10.1. The Labute approximate surface area is 115 Å². The van der Waals surface area contributed by atoms with Crippen molar-refractivity contribution in [1.29, 1.82) is 0 Å². The minimum absolute atomic E-state index is 0.0819. The third-order valence-electron chi connectivity index (χ3n) is 2.83. The third-order valence-corrected chi connectivity index (χ3v) is 2.83. The predicted octanol–water partition coefficient (Wildman–Crippen LogP) is 0.764. The summed E-state index contributed by atoms with van der Waals surface area (Å²) in [5.74, 6) is -1.40. The fourth-order valence-corrected chi connectivity index (χ4v) is 1.85. The van der Waals surface area contributed by atoms with Crippen molar-refractivity contribution < 1.29 is 14.7 Å². The highest BCUT2D eigenvalue weighted by molar-refractivity contribution is 5.84. The fourth-order valence-electron chi connectivity index (χ4n) is 1.85. The summed E-state index contributed by atoms with van der Waals surface area (Å²) in [6, 6.07) is 9.92. The Hall–Kier alpha value is -2.63. The molecule has 3 N–H and O–H groups in total. The van der Waals surface area contributed by atoms with Gasteiger partial charge in [0.25, 0.3) is 0 Å². The number of benzene rings is 1. The first-order valence-electron chi connectivity index (χ1n) is 6.19. The molecule has 6 heteroatoms. The molecule has 0 radical (unpaired) electrons. The molecule has 0 aliphatic heterocycles. The smallest absolute Gasteiger partial charge is 0.326 e. The van der Waals surface area contributed by atoms with E-state index >= 15 is 0 Å². The van der Waals surface area contributed by atoms with Crippen LogP contribution in [0.3, 0.4) is 0 Å². The first kappa shape index (κ1) is 13.8. The van der Waals surface area contributed by atoms with Gasteiger partial charge >= 0.3 is 5.97 Å². The first-order valence-corrected chi connectivity index (χ1v) is 6.19. The number of rotatable bonds is 6. The van der Waals surface area contributed by atoms with Crippen molar-refractivity contribution in [3.63, 3.8) is 0 Å². The van der Waals surface area contributed by atoms with Crippen LogP contribution in [0.5, 0.6) is 0 Å². The van der Waals surface area contributed by atoms with Gasteiger partial charge in [0.2, 0.25) is 5.91 Å². The zero-order valence-electron chi connectivity index (χ0n) is 10.7. The van der Waals surface area contributed by atoms with Gasteiger partial charge in [0, 0.05) is 18.3 Å². The highest BCUT2D eigenvalue weighted by atomic mass is 16.4. The van der Waals surface area contributed by atoms with Gasteiger partial charge in [-0.3, -0.25) is 9.89 Å². The van der Waals surface area contributed by atoms with Gasteiger partial charge < -0.3 is 10.4 Å². The molecular formula is C14H15N3O3. The second-order valence-corrected chi connectivity index (χ2v) is 4.41. The van der Waals surface area contributed by atoms with E-state index in [2.05, 4.69) is 15.5 Å². The van der Waals surface area contributed by atoms with Gasteiger partial charge in [-0.1, -0.05) is 30.3 Å². The molecule has 2 aromatic rings. The number of carboxylic acid groups (broad SMARTS) is 1. The van der Waals surface area contributed by atoms with E-state index in [-0.39, 0.29) is 18.7 Å². The summed E-state index contributed by atoms with van der Waals surface area (Å²) >= 11 is 0. The van der Waals surface area contributed by atoms with Gasteiger partial charge in [-0.2, -0.15) is 5.10 Å². The number of H-pyrrole nitrogens is 1. The molecule has 0 aliphatic carbocycles. The number of carbonyl (C=O) groups excluding carboxylic acids is 1. The van der Waals surface area contributed by atoms with Crippen LogP contribution in [-0.4, -0.2) is 33.2 Å². The summed E-state index contributed by atoms with van der Waals surface area (Å²) in [6.07, 6.45) is 1.88. The van der Waals surface area contributed by atoms with E-state index in [1.807, 2.05) is 30.3 Å². The summed E-state index contributed by atoms with van der Waals surface area (Å²) in [6.45, 7) is 0. The summed E-state index contributed by atoms with van der Waals surface area (Å²) in [5.41, 5.74) is 1.51.